The molecule has 0 aromatic heterocycles. The zero-order valence-corrected chi connectivity index (χ0v) is 14.4. The largest absolute Gasteiger partial charge is 0.352 e. The number of hydrogen-bond donors (Lipinski definition) is 2. The maximum atomic E-state index is 12.7. The molecule has 6 heteroatoms. The fourth-order valence-corrected chi connectivity index (χ4v) is 3.89. The Morgan fingerprint density at radius 2 is 2.04 bits per heavy atom. The SMILES string of the molecule is CCS[C@@H]1CCCCN(C(=O)c2ccc(CNC(N)=O)cc2)C1. The van der Waals surface area contributed by atoms with Gasteiger partial charge in [0.05, 0.1) is 0 Å². The Hall–Kier alpha value is -1.69. The van der Waals surface area contributed by atoms with E-state index in [1.807, 2.05) is 40.9 Å². The second-order valence-corrected chi connectivity index (χ2v) is 7.32. The average Bonchev–Trinajstić information content (AvgIpc) is 2.79. The molecule has 1 aliphatic rings. The first-order valence-electron chi connectivity index (χ1n) is 8.13. The molecule has 23 heavy (non-hydrogen) atoms. The van der Waals surface area contributed by atoms with Gasteiger partial charge in [0.25, 0.3) is 5.91 Å². The molecule has 1 aromatic carbocycles. The lowest BCUT2D eigenvalue weighted by atomic mass is 10.1. The van der Waals surface area contributed by atoms with E-state index in [9.17, 15) is 9.59 Å². The van der Waals surface area contributed by atoms with E-state index in [0.717, 1.165) is 30.8 Å². The third-order valence-corrected chi connectivity index (χ3v) is 5.17. The van der Waals surface area contributed by atoms with Crippen molar-refractivity contribution >= 4 is 23.7 Å². The fraction of sp³-hybridized carbons (Fsp3) is 0.529. The number of amides is 3. The van der Waals surface area contributed by atoms with Crippen molar-refractivity contribution < 1.29 is 9.59 Å². The van der Waals surface area contributed by atoms with Crippen molar-refractivity contribution in [3.8, 4) is 0 Å². The summed E-state index contributed by atoms with van der Waals surface area (Å²) in [7, 11) is 0. The molecule has 0 saturated carbocycles. The number of nitrogens with zero attached hydrogens (tertiary/aromatic N) is 1. The van der Waals surface area contributed by atoms with Crippen LogP contribution in [0.5, 0.6) is 0 Å². The summed E-state index contributed by atoms with van der Waals surface area (Å²) in [6, 6.07) is 6.83. The molecule has 2 rings (SSSR count). The van der Waals surface area contributed by atoms with Crippen LogP contribution in [0.1, 0.15) is 42.1 Å². The summed E-state index contributed by atoms with van der Waals surface area (Å²) in [6.45, 7) is 4.22. The summed E-state index contributed by atoms with van der Waals surface area (Å²) in [5.41, 5.74) is 6.69. The van der Waals surface area contributed by atoms with Gasteiger partial charge in [-0.3, -0.25) is 4.79 Å². The predicted octanol–water partition coefficient (Wildman–Crippen LogP) is 2.60. The van der Waals surface area contributed by atoms with Gasteiger partial charge in [0.15, 0.2) is 0 Å². The summed E-state index contributed by atoms with van der Waals surface area (Å²) in [6.07, 6.45) is 3.46. The van der Waals surface area contributed by atoms with Gasteiger partial charge in [-0.1, -0.05) is 25.5 Å². The number of primary amides is 1. The van der Waals surface area contributed by atoms with Crippen molar-refractivity contribution in [1.29, 1.82) is 0 Å². The predicted molar refractivity (Wildman–Crippen MR) is 94.5 cm³/mol. The summed E-state index contributed by atoms with van der Waals surface area (Å²) >= 11 is 1.95. The van der Waals surface area contributed by atoms with Gasteiger partial charge in [0.2, 0.25) is 0 Å². The van der Waals surface area contributed by atoms with Crippen LogP contribution in [0.4, 0.5) is 4.79 Å². The van der Waals surface area contributed by atoms with Crippen LogP contribution >= 0.6 is 11.8 Å². The number of rotatable bonds is 5. The Labute approximate surface area is 142 Å². The molecular formula is C17H25N3O2S. The topological polar surface area (TPSA) is 75.4 Å². The van der Waals surface area contributed by atoms with Crippen molar-refractivity contribution in [2.45, 2.75) is 38.0 Å². The first-order chi connectivity index (χ1) is 11.1. The number of carbonyl (C=O) groups excluding carboxylic acids is 2. The van der Waals surface area contributed by atoms with Crippen LogP contribution < -0.4 is 11.1 Å². The van der Waals surface area contributed by atoms with Crippen molar-refractivity contribution in [3.63, 3.8) is 0 Å². The molecule has 0 aliphatic carbocycles. The van der Waals surface area contributed by atoms with Gasteiger partial charge < -0.3 is 16.0 Å². The minimum atomic E-state index is -0.547. The van der Waals surface area contributed by atoms with E-state index in [0.29, 0.717) is 17.4 Å². The molecule has 1 heterocycles. The molecule has 0 bridgehead atoms. The molecule has 1 fully saturated rings. The van der Waals surface area contributed by atoms with Crippen molar-refractivity contribution in [1.82, 2.24) is 10.2 Å². The quantitative estimate of drug-likeness (QED) is 0.868. The van der Waals surface area contributed by atoms with Gasteiger partial charge >= 0.3 is 6.03 Å². The van der Waals surface area contributed by atoms with E-state index in [1.165, 1.54) is 12.8 Å². The highest BCUT2D eigenvalue weighted by Gasteiger charge is 2.22. The van der Waals surface area contributed by atoms with Crippen LogP contribution in [-0.4, -0.2) is 40.9 Å². The van der Waals surface area contributed by atoms with Crippen LogP contribution in [0.25, 0.3) is 0 Å². The Morgan fingerprint density at radius 3 is 2.70 bits per heavy atom. The number of urea groups is 1. The second-order valence-electron chi connectivity index (χ2n) is 5.74. The van der Waals surface area contributed by atoms with E-state index in [2.05, 4.69) is 12.2 Å². The number of nitrogens with two attached hydrogens (primary N) is 1. The molecule has 0 radical (unpaired) electrons. The zero-order chi connectivity index (χ0) is 16.7. The normalized spacial score (nSPS) is 18.3. The maximum absolute atomic E-state index is 12.7. The van der Waals surface area contributed by atoms with Crippen molar-refractivity contribution in [2.24, 2.45) is 5.73 Å². The minimum absolute atomic E-state index is 0.100. The molecule has 3 N–H and O–H groups in total. The van der Waals surface area contributed by atoms with Gasteiger partial charge in [-0.25, -0.2) is 4.79 Å². The molecule has 5 nitrogen and oxygen atoms in total. The highest BCUT2D eigenvalue weighted by atomic mass is 32.2. The van der Waals surface area contributed by atoms with Crippen LogP contribution in [0.15, 0.2) is 24.3 Å². The van der Waals surface area contributed by atoms with Crippen LogP contribution in [0.3, 0.4) is 0 Å². The van der Waals surface area contributed by atoms with E-state index in [1.54, 1.807) is 0 Å². The standard InChI is InChI=1S/C17H25N3O2S/c1-2-23-15-5-3-4-10-20(12-15)16(21)14-8-6-13(7-9-14)11-19-17(18)22/h6-9,15H,2-5,10-12H2,1H3,(H3,18,19,22)/t15-/m1/s1. The lowest BCUT2D eigenvalue weighted by Gasteiger charge is -2.24. The molecule has 1 atom stereocenters. The van der Waals surface area contributed by atoms with E-state index < -0.39 is 6.03 Å². The summed E-state index contributed by atoms with van der Waals surface area (Å²) in [5, 5.41) is 3.09. The molecule has 0 spiro atoms. The zero-order valence-electron chi connectivity index (χ0n) is 13.6. The highest BCUT2D eigenvalue weighted by molar-refractivity contribution is 7.99. The van der Waals surface area contributed by atoms with E-state index in [4.69, 9.17) is 5.73 Å². The number of carbonyl (C=O) groups is 2. The number of nitrogens with one attached hydrogen (secondary N) is 1. The summed E-state index contributed by atoms with van der Waals surface area (Å²) in [4.78, 5) is 25.4. The minimum Gasteiger partial charge on any atom is -0.352 e. The average molecular weight is 335 g/mol. The van der Waals surface area contributed by atoms with E-state index >= 15 is 0 Å². The molecule has 1 aliphatic heterocycles. The lowest BCUT2D eigenvalue weighted by molar-refractivity contribution is 0.0763. The Kier molecular flexibility index (Phi) is 6.77. The van der Waals surface area contributed by atoms with Gasteiger partial charge in [0, 0.05) is 30.4 Å². The number of hydrogen-bond acceptors (Lipinski definition) is 3. The number of benzene rings is 1. The highest BCUT2D eigenvalue weighted by Crippen LogP contribution is 2.23. The van der Waals surface area contributed by atoms with Gasteiger partial charge in [-0.2, -0.15) is 11.8 Å². The lowest BCUT2D eigenvalue weighted by Crippen LogP contribution is -2.35. The monoisotopic (exact) mass is 335 g/mol. The molecular weight excluding hydrogens is 310 g/mol. The third-order valence-electron chi connectivity index (χ3n) is 3.99. The third kappa shape index (κ3) is 5.46. The first-order valence-corrected chi connectivity index (χ1v) is 9.18. The molecule has 1 saturated heterocycles. The number of likely N-dealkylation sites (tertiary alicyclic amines) is 1. The molecule has 126 valence electrons. The molecule has 3 amide bonds. The Balaban J connectivity index is 1.99. The summed E-state index contributed by atoms with van der Waals surface area (Å²) in [5.74, 6) is 1.19. The van der Waals surface area contributed by atoms with Gasteiger partial charge in [0.1, 0.15) is 0 Å². The Bertz CT molecular complexity index is 533. The van der Waals surface area contributed by atoms with Crippen LogP contribution in [0.2, 0.25) is 0 Å². The fourth-order valence-electron chi connectivity index (χ4n) is 2.80. The van der Waals surface area contributed by atoms with Crippen molar-refractivity contribution in [3.05, 3.63) is 35.4 Å². The first kappa shape index (κ1) is 17.7. The molecule has 0 unspecified atom stereocenters. The number of thioether (sulfide) groups is 1. The second kappa shape index (κ2) is 8.82. The smallest absolute Gasteiger partial charge is 0.312 e. The van der Waals surface area contributed by atoms with Gasteiger partial charge in [-0.15, -0.1) is 0 Å². The van der Waals surface area contributed by atoms with Gasteiger partial charge in [-0.05, 0) is 36.3 Å². The van der Waals surface area contributed by atoms with E-state index in [-0.39, 0.29) is 5.91 Å². The maximum Gasteiger partial charge on any atom is 0.312 e. The molecule has 1 aromatic rings. The van der Waals surface area contributed by atoms with Crippen molar-refractivity contribution in [2.75, 3.05) is 18.8 Å². The Morgan fingerprint density at radius 1 is 1.30 bits per heavy atom. The summed E-state index contributed by atoms with van der Waals surface area (Å²) < 4.78 is 0. The van der Waals surface area contributed by atoms with Crippen LogP contribution in [-0.2, 0) is 6.54 Å². The van der Waals surface area contributed by atoms with Crippen LogP contribution in [0, 0.1) is 0 Å².